The summed E-state index contributed by atoms with van der Waals surface area (Å²) >= 11 is 1.76. The Morgan fingerprint density at radius 2 is 1.88 bits per heavy atom. The smallest absolute Gasteiger partial charge is 0.188 e. The molecule has 0 atom stereocenters. The fourth-order valence-electron chi connectivity index (χ4n) is 2.17. The second-order valence-electron chi connectivity index (χ2n) is 5.53. The first-order valence-corrected chi connectivity index (χ1v) is 9.48. The molecule has 2 rings (SSSR count). The van der Waals surface area contributed by atoms with Gasteiger partial charge in [0, 0.05) is 24.6 Å². The van der Waals surface area contributed by atoms with Crippen LogP contribution in [0.2, 0.25) is 0 Å². The number of guanidine groups is 1. The first-order chi connectivity index (χ1) is 12.3. The van der Waals surface area contributed by atoms with Crippen molar-refractivity contribution in [1.82, 2.24) is 5.32 Å². The Labute approximate surface area is 153 Å². The van der Waals surface area contributed by atoms with Gasteiger partial charge in [-0.3, -0.25) is 4.99 Å². The zero-order valence-electron chi connectivity index (χ0n) is 14.5. The Kier molecular flexibility index (Phi) is 9.69. The van der Waals surface area contributed by atoms with E-state index in [1.807, 2.05) is 18.2 Å². The molecule has 0 radical (unpaired) electrons. The van der Waals surface area contributed by atoms with Crippen LogP contribution in [0.25, 0.3) is 0 Å². The van der Waals surface area contributed by atoms with Gasteiger partial charge < -0.3 is 20.5 Å². The Morgan fingerprint density at radius 3 is 2.68 bits per heavy atom. The van der Waals surface area contributed by atoms with Crippen LogP contribution in [0.3, 0.4) is 0 Å². The lowest BCUT2D eigenvalue weighted by molar-refractivity contribution is 0.0403. The van der Waals surface area contributed by atoms with E-state index in [1.165, 1.54) is 10.4 Å². The summed E-state index contributed by atoms with van der Waals surface area (Å²) in [6.45, 7) is 3.98. The fraction of sp³-hybridized carbons (Fsp3) is 0.421. The predicted octanol–water partition coefficient (Wildman–Crippen LogP) is 2.82. The van der Waals surface area contributed by atoms with Crippen molar-refractivity contribution < 1.29 is 9.47 Å². The van der Waals surface area contributed by atoms with Crippen molar-refractivity contribution in [3.8, 4) is 0 Å². The SMILES string of the molecule is NC(=NCCCOCCOCc1ccccc1)NCCc1cccs1. The maximum atomic E-state index is 5.83. The first kappa shape index (κ1) is 19.4. The molecular weight excluding hydrogens is 334 g/mol. The summed E-state index contributed by atoms with van der Waals surface area (Å²) in [5, 5.41) is 5.21. The predicted molar refractivity (Wildman–Crippen MR) is 104 cm³/mol. The number of hydrogen-bond acceptors (Lipinski definition) is 4. The monoisotopic (exact) mass is 361 g/mol. The van der Waals surface area contributed by atoms with Crippen LogP contribution in [0.1, 0.15) is 16.9 Å². The molecule has 1 aromatic carbocycles. The van der Waals surface area contributed by atoms with Crippen molar-refractivity contribution in [2.45, 2.75) is 19.4 Å². The number of nitrogens with zero attached hydrogens (tertiary/aromatic N) is 1. The van der Waals surface area contributed by atoms with Gasteiger partial charge in [-0.2, -0.15) is 0 Å². The maximum Gasteiger partial charge on any atom is 0.188 e. The Balaban J connectivity index is 1.39. The van der Waals surface area contributed by atoms with Crippen LogP contribution in [0.15, 0.2) is 52.8 Å². The molecule has 3 N–H and O–H groups in total. The summed E-state index contributed by atoms with van der Waals surface area (Å²) in [6.07, 6.45) is 1.83. The standard InChI is InChI=1S/C19H27N3O2S/c20-19(22-11-9-18-8-4-15-25-18)21-10-5-12-23-13-14-24-16-17-6-2-1-3-7-17/h1-4,6-8,15H,5,9-14,16H2,(H3,20,21,22). The lowest BCUT2D eigenvalue weighted by Crippen LogP contribution is -2.33. The molecular formula is C19H27N3O2S. The minimum Gasteiger partial charge on any atom is -0.379 e. The molecule has 0 aliphatic carbocycles. The van der Waals surface area contributed by atoms with Gasteiger partial charge in [-0.05, 0) is 29.9 Å². The summed E-state index contributed by atoms with van der Waals surface area (Å²) in [5.74, 6) is 0.503. The van der Waals surface area contributed by atoms with Crippen LogP contribution in [0.4, 0.5) is 0 Å². The molecule has 1 aromatic heterocycles. The van der Waals surface area contributed by atoms with E-state index in [0.29, 0.717) is 38.9 Å². The van der Waals surface area contributed by atoms with E-state index in [-0.39, 0.29) is 0 Å². The number of aliphatic imine (C=N–C) groups is 1. The largest absolute Gasteiger partial charge is 0.379 e. The van der Waals surface area contributed by atoms with E-state index < -0.39 is 0 Å². The molecule has 0 fully saturated rings. The lowest BCUT2D eigenvalue weighted by atomic mass is 10.2. The van der Waals surface area contributed by atoms with Crippen molar-refractivity contribution in [2.75, 3.05) is 32.9 Å². The average molecular weight is 362 g/mol. The normalized spacial score (nSPS) is 11.6. The third-order valence-corrected chi connectivity index (χ3v) is 4.41. The van der Waals surface area contributed by atoms with E-state index in [4.69, 9.17) is 15.2 Å². The molecule has 6 heteroatoms. The zero-order chi connectivity index (χ0) is 17.6. The number of rotatable bonds is 12. The Hall–Kier alpha value is -1.89. The summed E-state index contributed by atoms with van der Waals surface area (Å²) < 4.78 is 11.1. The van der Waals surface area contributed by atoms with Crippen LogP contribution in [-0.4, -0.2) is 38.9 Å². The van der Waals surface area contributed by atoms with Crippen molar-refractivity contribution in [2.24, 2.45) is 10.7 Å². The van der Waals surface area contributed by atoms with Crippen LogP contribution < -0.4 is 11.1 Å². The van der Waals surface area contributed by atoms with Gasteiger partial charge in [0.2, 0.25) is 0 Å². The van der Waals surface area contributed by atoms with Crippen molar-refractivity contribution in [3.63, 3.8) is 0 Å². The van der Waals surface area contributed by atoms with Crippen LogP contribution in [0.5, 0.6) is 0 Å². The van der Waals surface area contributed by atoms with Crippen molar-refractivity contribution >= 4 is 17.3 Å². The molecule has 1 heterocycles. The molecule has 0 unspecified atom stereocenters. The van der Waals surface area contributed by atoms with Crippen LogP contribution >= 0.6 is 11.3 Å². The third kappa shape index (κ3) is 9.24. The quantitative estimate of drug-likeness (QED) is 0.346. The molecule has 0 aliphatic heterocycles. The van der Waals surface area contributed by atoms with Gasteiger partial charge >= 0.3 is 0 Å². The summed E-state index contributed by atoms with van der Waals surface area (Å²) in [7, 11) is 0. The Morgan fingerprint density at radius 1 is 1.04 bits per heavy atom. The number of hydrogen-bond donors (Lipinski definition) is 2. The van der Waals surface area contributed by atoms with Gasteiger partial charge in [-0.1, -0.05) is 36.4 Å². The number of thiophene rings is 1. The topological polar surface area (TPSA) is 68.9 Å². The van der Waals surface area contributed by atoms with Crippen molar-refractivity contribution in [3.05, 3.63) is 58.3 Å². The molecule has 0 spiro atoms. The molecule has 0 saturated heterocycles. The molecule has 0 bridgehead atoms. The van der Waals surface area contributed by atoms with Gasteiger partial charge in [0.25, 0.3) is 0 Å². The summed E-state index contributed by atoms with van der Waals surface area (Å²) in [4.78, 5) is 5.64. The molecule has 0 saturated carbocycles. The third-order valence-electron chi connectivity index (χ3n) is 3.47. The summed E-state index contributed by atoms with van der Waals surface area (Å²) in [6, 6.07) is 14.3. The van der Waals surface area contributed by atoms with Gasteiger partial charge in [0.05, 0.1) is 19.8 Å². The van der Waals surface area contributed by atoms with Gasteiger partial charge in [-0.25, -0.2) is 0 Å². The maximum absolute atomic E-state index is 5.83. The summed E-state index contributed by atoms with van der Waals surface area (Å²) in [5.41, 5.74) is 7.01. The second-order valence-corrected chi connectivity index (χ2v) is 6.56. The number of ether oxygens (including phenoxy) is 2. The van der Waals surface area contributed by atoms with E-state index in [2.05, 4.69) is 40.0 Å². The van der Waals surface area contributed by atoms with E-state index in [9.17, 15) is 0 Å². The van der Waals surface area contributed by atoms with Crippen LogP contribution in [-0.2, 0) is 22.5 Å². The van der Waals surface area contributed by atoms with Gasteiger partial charge in [0.1, 0.15) is 0 Å². The minimum absolute atomic E-state index is 0.503. The van der Waals surface area contributed by atoms with E-state index in [0.717, 1.165) is 19.4 Å². The van der Waals surface area contributed by atoms with Gasteiger partial charge in [0.15, 0.2) is 5.96 Å². The molecule has 5 nitrogen and oxygen atoms in total. The molecule has 2 aromatic rings. The van der Waals surface area contributed by atoms with E-state index >= 15 is 0 Å². The average Bonchev–Trinajstić information content (AvgIpc) is 3.14. The van der Waals surface area contributed by atoms with Crippen LogP contribution in [0, 0.1) is 0 Å². The van der Waals surface area contributed by atoms with E-state index in [1.54, 1.807) is 11.3 Å². The molecule has 136 valence electrons. The van der Waals surface area contributed by atoms with Gasteiger partial charge in [-0.15, -0.1) is 11.3 Å². The lowest BCUT2D eigenvalue weighted by Gasteiger charge is -2.06. The zero-order valence-corrected chi connectivity index (χ0v) is 15.3. The molecule has 25 heavy (non-hydrogen) atoms. The highest BCUT2D eigenvalue weighted by atomic mass is 32.1. The first-order valence-electron chi connectivity index (χ1n) is 8.60. The highest BCUT2D eigenvalue weighted by Gasteiger charge is 1.96. The molecule has 0 aliphatic rings. The number of nitrogens with one attached hydrogen (secondary N) is 1. The minimum atomic E-state index is 0.503. The highest BCUT2D eigenvalue weighted by molar-refractivity contribution is 7.09. The fourth-order valence-corrected chi connectivity index (χ4v) is 2.88. The number of nitrogens with two attached hydrogens (primary N) is 1. The number of benzene rings is 1. The Bertz CT molecular complexity index is 588. The molecule has 0 amide bonds. The highest BCUT2D eigenvalue weighted by Crippen LogP contribution is 2.07. The van der Waals surface area contributed by atoms with Crippen molar-refractivity contribution in [1.29, 1.82) is 0 Å². The second kappa shape index (κ2) is 12.5.